The lowest BCUT2D eigenvalue weighted by atomic mass is 9.86. The second-order valence-corrected chi connectivity index (χ2v) is 6.92. The lowest BCUT2D eigenvalue weighted by Gasteiger charge is -2.22. The van der Waals surface area contributed by atoms with Crippen LogP contribution >= 0.6 is 0 Å². The summed E-state index contributed by atoms with van der Waals surface area (Å²) in [6, 6.07) is 10.6. The molecule has 3 heteroatoms. The number of hydrogen-bond acceptors (Lipinski definition) is 2. The highest BCUT2D eigenvalue weighted by atomic mass is 16.4. The molecule has 3 nitrogen and oxygen atoms in total. The van der Waals surface area contributed by atoms with E-state index in [1.54, 1.807) is 0 Å². The molecule has 2 N–H and O–H groups in total. The number of rotatable bonds is 10. The molecular formula is C20H31NO2. The summed E-state index contributed by atoms with van der Waals surface area (Å²) in [6.45, 7) is 1.01. The van der Waals surface area contributed by atoms with Crippen LogP contribution in [0.1, 0.15) is 63.4 Å². The molecule has 1 fully saturated rings. The maximum Gasteiger partial charge on any atom is 0.303 e. The first-order chi connectivity index (χ1) is 11.2. The summed E-state index contributed by atoms with van der Waals surface area (Å²) in [7, 11) is 0. The Bertz CT molecular complexity index is 440. The minimum Gasteiger partial charge on any atom is -0.481 e. The Morgan fingerprint density at radius 3 is 2.61 bits per heavy atom. The fourth-order valence-corrected chi connectivity index (χ4v) is 3.65. The van der Waals surface area contributed by atoms with Crippen molar-refractivity contribution in [3.63, 3.8) is 0 Å². The van der Waals surface area contributed by atoms with E-state index in [2.05, 4.69) is 17.4 Å². The molecule has 23 heavy (non-hydrogen) atoms. The molecule has 0 spiro atoms. The number of nitrogens with one attached hydrogen (secondary N) is 1. The van der Waals surface area contributed by atoms with E-state index in [4.69, 9.17) is 5.11 Å². The number of hydrogen-bond donors (Lipinski definition) is 2. The molecule has 0 bridgehead atoms. The first-order valence-electron chi connectivity index (χ1n) is 9.23. The van der Waals surface area contributed by atoms with Crippen molar-refractivity contribution in [2.75, 3.05) is 6.54 Å². The van der Waals surface area contributed by atoms with Gasteiger partial charge in [-0.3, -0.25) is 4.79 Å². The van der Waals surface area contributed by atoms with Gasteiger partial charge in [0, 0.05) is 12.5 Å². The summed E-state index contributed by atoms with van der Waals surface area (Å²) in [5.74, 6) is 0.226. The van der Waals surface area contributed by atoms with Crippen molar-refractivity contribution in [3.8, 4) is 0 Å². The Kier molecular flexibility index (Phi) is 8.16. The van der Waals surface area contributed by atoms with Crippen LogP contribution in [-0.4, -0.2) is 23.7 Å². The highest BCUT2D eigenvalue weighted by Crippen LogP contribution is 2.27. The smallest absolute Gasteiger partial charge is 0.303 e. The SMILES string of the molecule is O=C(O)CCC(Cc1ccccc1)NCCCC1CCCCC1. The molecule has 0 aliphatic heterocycles. The monoisotopic (exact) mass is 317 g/mol. The third-order valence-electron chi connectivity index (χ3n) is 4.98. The average Bonchev–Trinajstić information content (AvgIpc) is 2.58. The van der Waals surface area contributed by atoms with Gasteiger partial charge in [0.05, 0.1) is 0 Å². The van der Waals surface area contributed by atoms with Gasteiger partial charge in [0.15, 0.2) is 0 Å². The molecular weight excluding hydrogens is 286 g/mol. The van der Waals surface area contributed by atoms with Crippen molar-refractivity contribution in [1.82, 2.24) is 5.32 Å². The molecule has 1 atom stereocenters. The summed E-state index contributed by atoms with van der Waals surface area (Å²) < 4.78 is 0. The summed E-state index contributed by atoms with van der Waals surface area (Å²) in [6.07, 6.45) is 11.5. The van der Waals surface area contributed by atoms with Gasteiger partial charge < -0.3 is 10.4 Å². The molecule has 2 rings (SSSR count). The van der Waals surface area contributed by atoms with Gasteiger partial charge in [0.1, 0.15) is 0 Å². The van der Waals surface area contributed by atoms with Crippen LogP contribution in [0.4, 0.5) is 0 Å². The van der Waals surface area contributed by atoms with E-state index in [1.165, 1.54) is 50.5 Å². The van der Waals surface area contributed by atoms with Crippen molar-refractivity contribution in [2.24, 2.45) is 5.92 Å². The summed E-state index contributed by atoms with van der Waals surface area (Å²) >= 11 is 0. The van der Waals surface area contributed by atoms with E-state index in [9.17, 15) is 4.79 Å². The van der Waals surface area contributed by atoms with Crippen LogP contribution in [-0.2, 0) is 11.2 Å². The first kappa shape index (κ1) is 18.0. The fourth-order valence-electron chi connectivity index (χ4n) is 3.65. The Hall–Kier alpha value is -1.35. The Balaban J connectivity index is 1.71. The Morgan fingerprint density at radius 1 is 1.17 bits per heavy atom. The predicted octanol–water partition coefficient (Wildman–Crippen LogP) is 4.41. The van der Waals surface area contributed by atoms with Crippen LogP contribution in [0.2, 0.25) is 0 Å². The minimum absolute atomic E-state index is 0.243. The summed E-state index contributed by atoms with van der Waals surface area (Å²) in [5, 5.41) is 12.5. The maximum atomic E-state index is 10.9. The number of benzene rings is 1. The second-order valence-electron chi connectivity index (χ2n) is 6.92. The quantitative estimate of drug-likeness (QED) is 0.628. The lowest BCUT2D eigenvalue weighted by Crippen LogP contribution is -2.32. The van der Waals surface area contributed by atoms with Crippen LogP contribution in [0, 0.1) is 5.92 Å². The van der Waals surface area contributed by atoms with E-state index in [0.717, 1.165) is 18.9 Å². The highest BCUT2D eigenvalue weighted by Gasteiger charge is 2.14. The number of carbonyl (C=O) groups is 1. The number of carboxylic acid groups (broad SMARTS) is 1. The zero-order chi connectivity index (χ0) is 16.3. The molecule has 0 aromatic heterocycles. The van der Waals surface area contributed by atoms with Crippen LogP contribution in [0.3, 0.4) is 0 Å². The summed E-state index contributed by atoms with van der Waals surface area (Å²) in [4.78, 5) is 10.9. The summed E-state index contributed by atoms with van der Waals surface area (Å²) in [5.41, 5.74) is 1.28. The van der Waals surface area contributed by atoms with Crippen molar-refractivity contribution >= 4 is 5.97 Å². The topological polar surface area (TPSA) is 49.3 Å². The van der Waals surface area contributed by atoms with E-state index in [-0.39, 0.29) is 12.5 Å². The zero-order valence-corrected chi connectivity index (χ0v) is 14.2. The normalized spacial score (nSPS) is 17.0. The first-order valence-corrected chi connectivity index (χ1v) is 9.23. The Morgan fingerprint density at radius 2 is 1.91 bits per heavy atom. The van der Waals surface area contributed by atoms with Gasteiger partial charge in [-0.25, -0.2) is 0 Å². The van der Waals surface area contributed by atoms with Crippen molar-refractivity contribution in [3.05, 3.63) is 35.9 Å². The average molecular weight is 317 g/mol. The standard InChI is InChI=1S/C20H31NO2/c22-20(23)14-13-19(16-18-10-5-2-6-11-18)21-15-7-12-17-8-3-1-4-9-17/h2,5-6,10-11,17,19,21H,1,3-4,7-9,12-16H2,(H,22,23). The molecule has 1 aromatic rings. The van der Waals surface area contributed by atoms with E-state index in [1.807, 2.05) is 18.2 Å². The molecule has 1 saturated carbocycles. The van der Waals surface area contributed by atoms with Gasteiger partial charge in [0.25, 0.3) is 0 Å². The lowest BCUT2D eigenvalue weighted by molar-refractivity contribution is -0.137. The van der Waals surface area contributed by atoms with E-state index < -0.39 is 5.97 Å². The molecule has 1 aromatic carbocycles. The number of aliphatic carboxylic acids is 1. The maximum absolute atomic E-state index is 10.9. The predicted molar refractivity (Wildman–Crippen MR) is 94.6 cm³/mol. The van der Waals surface area contributed by atoms with Crippen LogP contribution in [0.5, 0.6) is 0 Å². The molecule has 1 aliphatic rings. The van der Waals surface area contributed by atoms with Gasteiger partial charge in [-0.2, -0.15) is 0 Å². The molecule has 1 aliphatic carbocycles. The molecule has 0 saturated heterocycles. The minimum atomic E-state index is -0.702. The molecule has 0 amide bonds. The largest absolute Gasteiger partial charge is 0.481 e. The molecule has 0 heterocycles. The molecule has 128 valence electrons. The van der Waals surface area contributed by atoms with Crippen LogP contribution < -0.4 is 5.32 Å². The number of carboxylic acids is 1. The van der Waals surface area contributed by atoms with Gasteiger partial charge in [0.2, 0.25) is 0 Å². The fraction of sp³-hybridized carbons (Fsp3) is 0.650. The van der Waals surface area contributed by atoms with Crippen molar-refractivity contribution in [1.29, 1.82) is 0 Å². The van der Waals surface area contributed by atoms with Crippen molar-refractivity contribution in [2.45, 2.75) is 70.3 Å². The third-order valence-corrected chi connectivity index (χ3v) is 4.98. The van der Waals surface area contributed by atoms with Gasteiger partial charge in [-0.15, -0.1) is 0 Å². The van der Waals surface area contributed by atoms with Crippen LogP contribution in [0.25, 0.3) is 0 Å². The zero-order valence-electron chi connectivity index (χ0n) is 14.2. The second kappa shape index (κ2) is 10.4. The third kappa shape index (κ3) is 7.65. The van der Waals surface area contributed by atoms with E-state index >= 15 is 0 Å². The van der Waals surface area contributed by atoms with E-state index in [0.29, 0.717) is 6.42 Å². The van der Waals surface area contributed by atoms with Crippen LogP contribution in [0.15, 0.2) is 30.3 Å². The highest BCUT2D eigenvalue weighted by molar-refractivity contribution is 5.66. The Labute approximate surface area is 140 Å². The van der Waals surface area contributed by atoms with Gasteiger partial charge >= 0.3 is 5.97 Å². The van der Waals surface area contributed by atoms with Gasteiger partial charge in [-0.1, -0.05) is 62.4 Å². The van der Waals surface area contributed by atoms with Gasteiger partial charge in [-0.05, 0) is 43.7 Å². The van der Waals surface area contributed by atoms with Crippen molar-refractivity contribution < 1.29 is 9.90 Å². The molecule has 0 radical (unpaired) electrons. The molecule has 1 unspecified atom stereocenters.